The molecule has 0 saturated carbocycles. The molecule has 0 bridgehead atoms. The van der Waals surface area contributed by atoms with E-state index in [-0.39, 0.29) is 17.8 Å². The quantitative estimate of drug-likeness (QED) is 0.598. The second-order valence-electron chi connectivity index (χ2n) is 4.31. The van der Waals surface area contributed by atoms with Crippen molar-refractivity contribution < 1.29 is 18.4 Å². The largest absolute Gasteiger partial charge is 0.301 e. The standard InChI is InChI=1S/C13H11F2NO2/c1-7(2)3-4-16-10-6-8(14)5-9(15)11(10)12(17)13(16)18/h3,5-6H,4H2,1-2H3. The Labute approximate surface area is 103 Å². The predicted octanol–water partition coefficient (Wildman–Crippen LogP) is 2.46. The SMILES string of the molecule is CC(C)=CCN1C(=O)C(=O)c2c(F)cc(F)cc21. The molecule has 0 aliphatic carbocycles. The lowest BCUT2D eigenvalue weighted by Gasteiger charge is -2.14. The highest BCUT2D eigenvalue weighted by molar-refractivity contribution is 6.52. The van der Waals surface area contributed by atoms with Crippen LogP contribution >= 0.6 is 0 Å². The monoisotopic (exact) mass is 251 g/mol. The van der Waals surface area contributed by atoms with Gasteiger partial charge in [0.2, 0.25) is 0 Å². The number of Topliss-reactive ketones (excluding diaryl/α,β-unsaturated/α-hetero) is 1. The van der Waals surface area contributed by atoms with Crippen LogP contribution in [0.25, 0.3) is 0 Å². The summed E-state index contributed by atoms with van der Waals surface area (Å²) in [5.74, 6) is -3.56. The average Bonchev–Trinajstić information content (AvgIpc) is 2.49. The third kappa shape index (κ3) is 1.92. The highest BCUT2D eigenvalue weighted by Crippen LogP contribution is 2.31. The number of ketones is 1. The number of anilines is 1. The van der Waals surface area contributed by atoms with Crippen LogP contribution in [0.15, 0.2) is 23.8 Å². The van der Waals surface area contributed by atoms with Crippen LogP contribution < -0.4 is 4.90 Å². The van der Waals surface area contributed by atoms with Gasteiger partial charge in [-0.05, 0) is 19.9 Å². The van der Waals surface area contributed by atoms with Crippen molar-refractivity contribution in [1.82, 2.24) is 0 Å². The summed E-state index contributed by atoms with van der Waals surface area (Å²) in [4.78, 5) is 24.4. The first-order valence-electron chi connectivity index (χ1n) is 5.40. The summed E-state index contributed by atoms with van der Waals surface area (Å²) in [6, 6.07) is 1.61. The molecule has 1 aromatic carbocycles. The van der Waals surface area contributed by atoms with Crippen LogP contribution in [0, 0.1) is 11.6 Å². The molecule has 1 aliphatic rings. The number of carbonyl (C=O) groups is 2. The second-order valence-corrected chi connectivity index (χ2v) is 4.31. The number of carbonyl (C=O) groups excluding carboxylic acids is 2. The Morgan fingerprint density at radius 1 is 1.28 bits per heavy atom. The Balaban J connectivity index is 2.51. The van der Waals surface area contributed by atoms with Gasteiger partial charge < -0.3 is 4.90 Å². The third-order valence-electron chi connectivity index (χ3n) is 2.67. The van der Waals surface area contributed by atoms with Crippen molar-refractivity contribution in [2.24, 2.45) is 0 Å². The maximum atomic E-state index is 13.5. The predicted molar refractivity (Wildman–Crippen MR) is 62.5 cm³/mol. The van der Waals surface area contributed by atoms with Crippen LogP contribution in [0.5, 0.6) is 0 Å². The number of hydrogen-bond donors (Lipinski definition) is 0. The first kappa shape index (κ1) is 12.4. The molecule has 0 fully saturated rings. The van der Waals surface area contributed by atoms with Gasteiger partial charge in [0.15, 0.2) is 0 Å². The molecule has 0 aromatic heterocycles. The van der Waals surface area contributed by atoms with Crippen molar-refractivity contribution in [1.29, 1.82) is 0 Å². The average molecular weight is 251 g/mol. The zero-order chi connectivity index (χ0) is 13.4. The van der Waals surface area contributed by atoms with E-state index in [4.69, 9.17) is 0 Å². The number of nitrogens with zero attached hydrogens (tertiary/aromatic N) is 1. The number of amides is 1. The van der Waals surface area contributed by atoms with E-state index in [9.17, 15) is 18.4 Å². The number of benzene rings is 1. The minimum Gasteiger partial charge on any atom is -0.301 e. The molecule has 1 aromatic rings. The summed E-state index contributed by atoms with van der Waals surface area (Å²) in [7, 11) is 0. The van der Waals surface area contributed by atoms with E-state index >= 15 is 0 Å². The number of halogens is 2. The molecule has 0 saturated heterocycles. The van der Waals surface area contributed by atoms with Gasteiger partial charge in [-0.25, -0.2) is 8.78 Å². The molecule has 2 rings (SSSR count). The number of hydrogen-bond acceptors (Lipinski definition) is 2. The lowest BCUT2D eigenvalue weighted by molar-refractivity contribution is -0.114. The lowest BCUT2D eigenvalue weighted by atomic mass is 10.1. The zero-order valence-electron chi connectivity index (χ0n) is 9.96. The van der Waals surface area contributed by atoms with Gasteiger partial charge >= 0.3 is 0 Å². The maximum absolute atomic E-state index is 13.5. The molecular weight excluding hydrogens is 240 g/mol. The number of allylic oxidation sites excluding steroid dienone is 1. The topological polar surface area (TPSA) is 37.4 Å². The fraction of sp³-hybridized carbons (Fsp3) is 0.231. The third-order valence-corrected chi connectivity index (χ3v) is 2.67. The Kier molecular flexibility index (Phi) is 2.98. The Hall–Kier alpha value is -2.04. The van der Waals surface area contributed by atoms with E-state index in [0.717, 1.165) is 16.5 Å². The second kappa shape index (κ2) is 4.33. The van der Waals surface area contributed by atoms with Crippen molar-refractivity contribution in [3.05, 3.63) is 41.0 Å². The highest BCUT2D eigenvalue weighted by atomic mass is 19.1. The molecule has 0 atom stereocenters. The molecule has 0 radical (unpaired) electrons. The molecular formula is C13H11F2NO2. The lowest BCUT2D eigenvalue weighted by Crippen LogP contribution is -2.29. The summed E-state index contributed by atoms with van der Waals surface area (Å²) in [5.41, 5.74) is 0.601. The molecule has 1 amide bonds. The van der Waals surface area contributed by atoms with E-state index in [2.05, 4.69) is 0 Å². The van der Waals surface area contributed by atoms with E-state index in [1.54, 1.807) is 6.08 Å². The van der Waals surface area contributed by atoms with Crippen LogP contribution in [0.3, 0.4) is 0 Å². The molecule has 0 unspecified atom stereocenters. The zero-order valence-corrected chi connectivity index (χ0v) is 9.96. The maximum Gasteiger partial charge on any atom is 0.299 e. The van der Waals surface area contributed by atoms with Gasteiger partial charge in [0, 0.05) is 12.6 Å². The normalized spacial score (nSPS) is 13.9. The number of rotatable bonds is 2. The molecule has 18 heavy (non-hydrogen) atoms. The number of fused-ring (bicyclic) bond motifs is 1. The fourth-order valence-electron chi connectivity index (χ4n) is 1.79. The van der Waals surface area contributed by atoms with Gasteiger partial charge in [-0.2, -0.15) is 0 Å². The van der Waals surface area contributed by atoms with E-state index in [1.165, 1.54) is 0 Å². The van der Waals surface area contributed by atoms with Crippen molar-refractivity contribution in [3.8, 4) is 0 Å². The first-order chi connectivity index (χ1) is 8.41. The van der Waals surface area contributed by atoms with Crippen LogP contribution in [0.1, 0.15) is 24.2 Å². The van der Waals surface area contributed by atoms with Crippen molar-refractivity contribution in [2.75, 3.05) is 11.4 Å². The minimum absolute atomic E-state index is 0.000000000000000444. The smallest absolute Gasteiger partial charge is 0.299 e. The van der Waals surface area contributed by atoms with Gasteiger partial charge in [-0.15, -0.1) is 0 Å². The Morgan fingerprint density at radius 3 is 2.56 bits per heavy atom. The van der Waals surface area contributed by atoms with Crippen LogP contribution in [-0.4, -0.2) is 18.2 Å². The van der Waals surface area contributed by atoms with Crippen LogP contribution in [0.4, 0.5) is 14.5 Å². The Morgan fingerprint density at radius 2 is 1.94 bits per heavy atom. The summed E-state index contributed by atoms with van der Waals surface area (Å²) in [6.07, 6.45) is 1.71. The molecule has 0 N–H and O–H groups in total. The van der Waals surface area contributed by atoms with E-state index in [0.29, 0.717) is 6.07 Å². The van der Waals surface area contributed by atoms with Gasteiger partial charge in [-0.3, -0.25) is 9.59 Å². The van der Waals surface area contributed by atoms with E-state index < -0.39 is 23.3 Å². The summed E-state index contributed by atoms with van der Waals surface area (Å²) < 4.78 is 26.6. The van der Waals surface area contributed by atoms with Gasteiger partial charge in [0.1, 0.15) is 11.6 Å². The molecule has 1 aliphatic heterocycles. The van der Waals surface area contributed by atoms with E-state index in [1.807, 2.05) is 13.8 Å². The first-order valence-corrected chi connectivity index (χ1v) is 5.40. The van der Waals surface area contributed by atoms with Gasteiger partial charge in [0.05, 0.1) is 11.3 Å². The molecule has 94 valence electrons. The molecule has 5 heteroatoms. The minimum atomic E-state index is -0.997. The Bertz CT molecular complexity index is 575. The van der Waals surface area contributed by atoms with Crippen LogP contribution in [-0.2, 0) is 4.79 Å². The fourth-order valence-corrected chi connectivity index (χ4v) is 1.79. The van der Waals surface area contributed by atoms with Crippen molar-refractivity contribution in [3.63, 3.8) is 0 Å². The molecule has 1 heterocycles. The summed E-state index contributed by atoms with van der Waals surface area (Å²) >= 11 is 0. The summed E-state index contributed by atoms with van der Waals surface area (Å²) in [6.45, 7) is 3.79. The van der Waals surface area contributed by atoms with Crippen LogP contribution in [0.2, 0.25) is 0 Å². The molecule has 3 nitrogen and oxygen atoms in total. The van der Waals surface area contributed by atoms with Crippen molar-refractivity contribution in [2.45, 2.75) is 13.8 Å². The molecule has 0 spiro atoms. The van der Waals surface area contributed by atoms with Gasteiger partial charge in [-0.1, -0.05) is 11.6 Å². The van der Waals surface area contributed by atoms with Crippen molar-refractivity contribution >= 4 is 17.4 Å². The van der Waals surface area contributed by atoms with Gasteiger partial charge in [0.25, 0.3) is 11.7 Å². The highest BCUT2D eigenvalue weighted by Gasteiger charge is 2.38. The summed E-state index contributed by atoms with van der Waals surface area (Å²) in [5, 5.41) is 0.